The van der Waals surface area contributed by atoms with Gasteiger partial charge in [-0.1, -0.05) is 43.2 Å². The van der Waals surface area contributed by atoms with Crippen LogP contribution in [0.4, 0.5) is 4.39 Å². The molecule has 0 radical (unpaired) electrons. The van der Waals surface area contributed by atoms with Crippen molar-refractivity contribution in [2.75, 3.05) is 13.2 Å². The third-order valence-corrected chi connectivity index (χ3v) is 6.60. The summed E-state index contributed by atoms with van der Waals surface area (Å²) in [5, 5.41) is 0.227. The zero-order valence-corrected chi connectivity index (χ0v) is 16.2. The van der Waals surface area contributed by atoms with Gasteiger partial charge in [-0.2, -0.15) is 0 Å². The van der Waals surface area contributed by atoms with Crippen molar-refractivity contribution in [2.24, 2.45) is 11.8 Å². The van der Waals surface area contributed by atoms with E-state index < -0.39 is 0 Å². The van der Waals surface area contributed by atoms with Crippen LogP contribution in [0.25, 0.3) is 5.57 Å². The Balaban J connectivity index is 1.40. The van der Waals surface area contributed by atoms with Crippen molar-refractivity contribution in [2.45, 2.75) is 64.1 Å². The Morgan fingerprint density at radius 1 is 1.15 bits per heavy atom. The van der Waals surface area contributed by atoms with Gasteiger partial charge in [-0.25, -0.2) is 4.39 Å². The van der Waals surface area contributed by atoms with Gasteiger partial charge in [-0.3, -0.25) is 0 Å². The van der Waals surface area contributed by atoms with Gasteiger partial charge in [0.2, 0.25) is 0 Å². The monoisotopic (exact) mass is 378 g/mol. The first kappa shape index (κ1) is 18.5. The van der Waals surface area contributed by atoms with E-state index in [1.807, 2.05) is 12.1 Å². The van der Waals surface area contributed by atoms with Gasteiger partial charge in [-0.05, 0) is 55.9 Å². The number of benzene rings is 1. The largest absolute Gasteiger partial charge is 0.378 e. The Hall–Kier alpha value is -0.900. The SMILES string of the molecule is CCCC1CCC(C2CC=C(c3ccc(C4CO4)c(Cl)c3F)CC2)OC1. The summed E-state index contributed by atoms with van der Waals surface area (Å²) in [4.78, 5) is 0. The van der Waals surface area contributed by atoms with E-state index in [0.717, 1.165) is 42.9 Å². The summed E-state index contributed by atoms with van der Waals surface area (Å²) in [7, 11) is 0. The maximum Gasteiger partial charge on any atom is 0.149 e. The molecule has 2 heterocycles. The third kappa shape index (κ3) is 3.85. The first-order chi connectivity index (χ1) is 12.7. The fraction of sp³-hybridized carbons (Fsp3) is 0.636. The fourth-order valence-corrected chi connectivity index (χ4v) is 4.85. The molecule has 0 saturated carbocycles. The number of halogens is 2. The number of hydrogen-bond donors (Lipinski definition) is 0. The fourth-order valence-electron chi connectivity index (χ4n) is 4.56. The van der Waals surface area contributed by atoms with Crippen LogP contribution in [0, 0.1) is 17.7 Å². The van der Waals surface area contributed by atoms with Gasteiger partial charge < -0.3 is 9.47 Å². The van der Waals surface area contributed by atoms with Crippen molar-refractivity contribution in [3.63, 3.8) is 0 Å². The first-order valence-electron chi connectivity index (χ1n) is 10.1. The number of hydrogen-bond acceptors (Lipinski definition) is 2. The van der Waals surface area contributed by atoms with Gasteiger partial charge >= 0.3 is 0 Å². The summed E-state index contributed by atoms with van der Waals surface area (Å²) in [5.41, 5.74) is 2.52. The zero-order valence-electron chi connectivity index (χ0n) is 15.5. The minimum absolute atomic E-state index is 0.0178. The first-order valence-corrected chi connectivity index (χ1v) is 10.5. The molecule has 2 fully saturated rings. The van der Waals surface area contributed by atoms with Crippen LogP contribution in [0.15, 0.2) is 18.2 Å². The Kier molecular flexibility index (Phi) is 5.68. The molecular formula is C22H28ClFO2. The molecule has 0 amide bonds. The summed E-state index contributed by atoms with van der Waals surface area (Å²) in [6.07, 6.45) is 10.5. The zero-order chi connectivity index (χ0) is 18.1. The summed E-state index contributed by atoms with van der Waals surface area (Å²) >= 11 is 6.24. The summed E-state index contributed by atoms with van der Waals surface area (Å²) in [6.45, 7) is 3.80. The summed E-state index contributed by atoms with van der Waals surface area (Å²) in [6, 6.07) is 3.79. The lowest BCUT2D eigenvalue weighted by Crippen LogP contribution is -2.32. The van der Waals surface area contributed by atoms with Crippen LogP contribution in [-0.4, -0.2) is 19.3 Å². The minimum atomic E-state index is -0.291. The molecule has 1 aromatic rings. The summed E-state index contributed by atoms with van der Waals surface area (Å²) < 4.78 is 26.2. The smallest absolute Gasteiger partial charge is 0.149 e. The molecule has 4 rings (SSSR count). The minimum Gasteiger partial charge on any atom is -0.378 e. The molecule has 4 atom stereocenters. The second-order valence-electron chi connectivity index (χ2n) is 8.02. The molecule has 4 unspecified atom stereocenters. The molecule has 1 aliphatic carbocycles. The molecule has 2 saturated heterocycles. The van der Waals surface area contributed by atoms with E-state index in [9.17, 15) is 4.39 Å². The number of allylic oxidation sites excluding steroid dienone is 2. The van der Waals surface area contributed by atoms with Crippen LogP contribution in [0.2, 0.25) is 5.02 Å². The van der Waals surface area contributed by atoms with Crippen molar-refractivity contribution in [3.8, 4) is 0 Å². The van der Waals surface area contributed by atoms with E-state index >= 15 is 0 Å². The molecule has 4 heteroatoms. The average molecular weight is 379 g/mol. The highest BCUT2D eigenvalue weighted by Gasteiger charge is 2.32. The van der Waals surface area contributed by atoms with Gasteiger partial charge in [0.15, 0.2) is 0 Å². The lowest BCUT2D eigenvalue weighted by atomic mass is 9.80. The van der Waals surface area contributed by atoms with Gasteiger partial charge in [-0.15, -0.1) is 0 Å². The van der Waals surface area contributed by atoms with E-state index in [2.05, 4.69) is 13.0 Å². The molecule has 142 valence electrons. The highest BCUT2D eigenvalue weighted by atomic mass is 35.5. The molecule has 1 aromatic carbocycles. The van der Waals surface area contributed by atoms with Crippen molar-refractivity contribution < 1.29 is 13.9 Å². The van der Waals surface area contributed by atoms with Crippen LogP contribution < -0.4 is 0 Å². The van der Waals surface area contributed by atoms with E-state index in [4.69, 9.17) is 21.1 Å². The molecule has 0 aromatic heterocycles. The third-order valence-electron chi connectivity index (χ3n) is 6.22. The number of ether oxygens (including phenoxy) is 2. The van der Waals surface area contributed by atoms with Crippen molar-refractivity contribution in [1.29, 1.82) is 0 Å². The Bertz CT molecular complexity index is 675. The second kappa shape index (κ2) is 8.00. The van der Waals surface area contributed by atoms with Crippen LogP contribution in [-0.2, 0) is 9.47 Å². The summed E-state index contributed by atoms with van der Waals surface area (Å²) in [5.74, 6) is 1.02. The molecule has 0 bridgehead atoms. The molecule has 26 heavy (non-hydrogen) atoms. The van der Waals surface area contributed by atoms with Gasteiger partial charge in [0.25, 0.3) is 0 Å². The Morgan fingerprint density at radius 3 is 2.62 bits per heavy atom. The number of rotatable bonds is 5. The van der Waals surface area contributed by atoms with Crippen LogP contribution in [0.5, 0.6) is 0 Å². The van der Waals surface area contributed by atoms with E-state index in [-0.39, 0.29) is 16.9 Å². The van der Waals surface area contributed by atoms with Gasteiger partial charge in [0, 0.05) is 17.7 Å². The van der Waals surface area contributed by atoms with Crippen molar-refractivity contribution in [3.05, 3.63) is 40.2 Å². The standard InChI is InChI=1S/C22H28ClFO2/c1-2-3-14-4-11-19(25-12-14)16-7-5-15(6-8-16)17-9-10-18(20-13-26-20)21(23)22(17)24/h5,9-10,14,16,19-20H,2-4,6-8,11-13H2,1H3. The normalized spacial score (nSPS) is 31.6. The predicted octanol–water partition coefficient (Wildman–Crippen LogP) is 6.33. The maximum absolute atomic E-state index is 14.7. The Morgan fingerprint density at radius 2 is 2.00 bits per heavy atom. The molecule has 2 aliphatic heterocycles. The van der Waals surface area contributed by atoms with E-state index in [1.165, 1.54) is 25.7 Å². The van der Waals surface area contributed by atoms with E-state index in [1.54, 1.807) is 0 Å². The lowest BCUT2D eigenvalue weighted by molar-refractivity contribution is -0.0504. The molecule has 2 nitrogen and oxygen atoms in total. The second-order valence-corrected chi connectivity index (χ2v) is 8.40. The van der Waals surface area contributed by atoms with Crippen LogP contribution >= 0.6 is 11.6 Å². The molecule has 0 N–H and O–H groups in total. The molecule has 0 spiro atoms. The predicted molar refractivity (Wildman–Crippen MR) is 103 cm³/mol. The lowest BCUT2D eigenvalue weighted by Gasteiger charge is -2.35. The quantitative estimate of drug-likeness (QED) is 0.558. The van der Waals surface area contributed by atoms with Crippen LogP contribution in [0.1, 0.15) is 69.1 Å². The van der Waals surface area contributed by atoms with Crippen LogP contribution in [0.3, 0.4) is 0 Å². The molecular weight excluding hydrogens is 351 g/mol. The number of epoxide rings is 1. The highest BCUT2D eigenvalue weighted by molar-refractivity contribution is 6.31. The van der Waals surface area contributed by atoms with Crippen molar-refractivity contribution >= 4 is 17.2 Å². The van der Waals surface area contributed by atoms with Gasteiger partial charge in [0.1, 0.15) is 11.9 Å². The molecule has 3 aliphatic rings. The van der Waals surface area contributed by atoms with Crippen molar-refractivity contribution in [1.82, 2.24) is 0 Å². The Labute approximate surface area is 160 Å². The van der Waals surface area contributed by atoms with Gasteiger partial charge in [0.05, 0.1) is 17.7 Å². The average Bonchev–Trinajstić information content (AvgIpc) is 3.50. The van der Waals surface area contributed by atoms with E-state index in [0.29, 0.717) is 24.2 Å². The maximum atomic E-state index is 14.7. The topological polar surface area (TPSA) is 21.8 Å². The highest BCUT2D eigenvalue weighted by Crippen LogP contribution is 2.41.